The summed E-state index contributed by atoms with van der Waals surface area (Å²) in [6, 6.07) is 7.37. The van der Waals surface area contributed by atoms with Gasteiger partial charge in [0.1, 0.15) is 0 Å². The molecule has 0 bridgehead atoms. The molecule has 2 heterocycles. The molecule has 20 heavy (non-hydrogen) atoms. The summed E-state index contributed by atoms with van der Waals surface area (Å²) >= 11 is 3.61. The molecule has 1 unspecified atom stereocenters. The molecule has 4 heteroatoms. The number of anilines is 1. The van der Waals surface area contributed by atoms with Crippen LogP contribution >= 0.6 is 15.9 Å². The molecule has 2 aliphatic rings. The SMILES string of the molecule is NCCc1ccc(Br)cc1N1CCN2CCCCC2C1. The Balaban J connectivity index is 1.80. The Kier molecular flexibility index (Phi) is 4.64. The molecule has 0 radical (unpaired) electrons. The summed E-state index contributed by atoms with van der Waals surface area (Å²) in [7, 11) is 0. The van der Waals surface area contributed by atoms with Crippen molar-refractivity contribution in [1.82, 2.24) is 4.90 Å². The van der Waals surface area contributed by atoms with Gasteiger partial charge in [0.15, 0.2) is 0 Å². The quantitative estimate of drug-likeness (QED) is 0.920. The zero-order valence-corrected chi connectivity index (χ0v) is 13.6. The van der Waals surface area contributed by atoms with E-state index < -0.39 is 0 Å². The third-order valence-corrected chi connectivity index (χ3v) is 5.13. The van der Waals surface area contributed by atoms with Gasteiger partial charge in [0.25, 0.3) is 0 Å². The number of hydrogen-bond donors (Lipinski definition) is 1. The van der Waals surface area contributed by atoms with Crippen molar-refractivity contribution >= 4 is 21.6 Å². The normalized spacial score (nSPS) is 23.7. The molecule has 1 atom stereocenters. The van der Waals surface area contributed by atoms with Crippen molar-refractivity contribution in [2.45, 2.75) is 31.7 Å². The second kappa shape index (κ2) is 6.46. The highest BCUT2D eigenvalue weighted by Crippen LogP contribution is 2.29. The van der Waals surface area contributed by atoms with E-state index in [-0.39, 0.29) is 0 Å². The van der Waals surface area contributed by atoms with Gasteiger partial charge in [-0.1, -0.05) is 28.4 Å². The molecule has 1 aromatic rings. The van der Waals surface area contributed by atoms with Crippen molar-refractivity contribution in [2.24, 2.45) is 5.73 Å². The lowest BCUT2D eigenvalue weighted by Gasteiger charge is -2.45. The number of rotatable bonds is 3. The largest absolute Gasteiger partial charge is 0.368 e. The topological polar surface area (TPSA) is 32.5 Å². The number of fused-ring (bicyclic) bond motifs is 1. The Morgan fingerprint density at radius 2 is 2.10 bits per heavy atom. The molecule has 110 valence electrons. The number of piperidine rings is 1. The van der Waals surface area contributed by atoms with E-state index in [0.29, 0.717) is 0 Å². The highest BCUT2D eigenvalue weighted by atomic mass is 79.9. The molecule has 2 aliphatic heterocycles. The molecule has 0 aromatic heterocycles. The van der Waals surface area contributed by atoms with Crippen molar-refractivity contribution in [3.8, 4) is 0 Å². The van der Waals surface area contributed by atoms with E-state index in [1.54, 1.807) is 0 Å². The summed E-state index contributed by atoms with van der Waals surface area (Å²) in [6.45, 7) is 5.54. The van der Waals surface area contributed by atoms with Gasteiger partial charge in [-0.05, 0) is 50.0 Å². The lowest BCUT2D eigenvalue weighted by atomic mass is 9.98. The van der Waals surface area contributed by atoms with E-state index in [9.17, 15) is 0 Å². The molecule has 0 saturated carbocycles. The van der Waals surface area contributed by atoms with Crippen LogP contribution < -0.4 is 10.6 Å². The van der Waals surface area contributed by atoms with Gasteiger partial charge in [0, 0.05) is 35.8 Å². The van der Waals surface area contributed by atoms with Crippen molar-refractivity contribution in [2.75, 3.05) is 37.6 Å². The number of nitrogens with two attached hydrogens (primary N) is 1. The fourth-order valence-electron chi connectivity index (χ4n) is 3.57. The van der Waals surface area contributed by atoms with E-state index in [1.807, 2.05) is 0 Å². The van der Waals surface area contributed by atoms with Crippen molar-refractivity contribution < 1.29 is 0 Å². The summed E-state index contributed by atoms with van der Waals surface area (Å²) in [5, 5.41) is 0. The predicted molar refractivity (Wildman–Crippen MR) is 88.3 cm³/mol. The zero-order chi connectivity index (χ0) is 13.9. The fourth-order valence-corrected chi connectivity index (χ4v) is 3.92. The third-order valence-electron chi connectivity index (χ3n) is 4.64. The van der Waals surface area contributed by atoms with E-state index in [1.165, 1.54) is 54.6 Å². The molecule has 0 spiro atoms. The standard InChI is InChI=1S/C16H24BrN3/c17-14-5-4-13(6-7-18)16(11-14)20-10-9-19-8-2-1-3-15(19)12-20/h4-5,11,15H,1-3,6-10,12,18H2. The van der Waals surface area contributed by atoms with Crippen LogP contribution in [-0.2, 0) is 6.42 Å². The summed E-state index contributed by atoms with van der Waals surface area (Å²) in [6.07, 6.45) is 5.10. The fraction of sp³-hybridized carbons (Fsp3) is 0.625. The molecule has 0 amide bonds. The number of piperazine rings is 1. The molecule has 2 N–H and O–H groups in total. The molecular weight excluding hydrogens is 314 g/mol. The van der Waals surface area contributed by atoms with Crippen LogP contribution in [0.2, 0.25) is 0 Å². The number of benzene rings is 1. The maximum Gasteiger partial charge on any atom is 0.0411 e. The predicted octanol–water partition coefficient (Wildman–Crippen LogP) is 2.62. The van der Waals surface area contributed by atoms with Crippen LogP contribution in [0, 0.1) is 0 Å². The van der Waals surface area contributed by atoms with Gasteiger partial charge in [-0.3, -0.25) is 4.90 Å². The van der Waals surface area contributed by atoms with Crippen LogP contribution in [0.4, 0.5) is 5.69 Å². The van der Waals surface area contributed by atoms with Gasteiger partial charge < -0.3 is 10.6 Å². The molecule has 1 aromatic carbocycles. The summed E-state index contributed by atoms with van der Waals surface area (Å²) < 4.78 is 1.17. The number of halogens is 1. The summed E-state index contributed by atoms with van der Waals surface area (Å²) in [4.78, 5) is 5.25. The summed E-state index contributed by atoms with van der Waals surface area (Å²) in [5.74, 6) is 0. The van der Waals surface area contributed by atoms with Crippen molar-refractivity contribution in [1.29, 1.82) is 0 Å². The number of nitrogens with zero attached hydrogens (tertiary/aromatic N) is 2. The van der Waals surface area contributed by atoms with Crippen LogP contribution in [0.5, 0.6) is 0 Å². The van der Waals surface area contributed by atoms with Crippen LogP contribution in [0.1, 0.15) is 24.8 Å². The Morgan fingerprint density at radius 3 is 2.95 bits per heavy atom. The van der Waals surface area contributed by atoms with E-state index in [4.69, 9.17) is 5.73 Å². The smallest absolute Gasteiger partial charge is 0.0411 e. The minimum absolute atomic E-state index is 0.720. The molecule has 3 rings (SSSR count). The van der Waals surface area contributed by atoms with Crippen LogP contribution in [-0.4, -0.2) is 43.7 Å². The highest BCUT2D eigenvalue weighted by Gasteiger charge is 2.29. The van der Waals surface area contributed by atoms with Gasteiger partial charge in [-0.25, -0.2) is 0 Å². The lowest BCUT2D eigenvalue weighted by molar-refractivity contribution is 0.133. The van der Waals surface area contributed by atoms with Gasteiger partial charge in [-0.2, -0.15) is 0 Å². The number of hydrogen-bond acceptors (Lipinski definition) is 3. The van der Waals surface area contributed by atoms with Gasteiger partial charge >= 0.3 is 0 Å². The van der Waals surface area contributed by atoms with Gasteiger partial charge in [0.05, 0.1) is 0 Å². The molecule has 2 saturated heterocycles. The van der Waals surface area contributed by atoms with Crippen molar-refractivity contribution in [3.05, 3.63) is 28.2 Å². The van der Waals surface area contributed by atoms with Gasteiger partial charge in [-0.15, -0.1) is 0 Å². The third kappa shape index (κ3) is 3.02. The van der Waals surface area contributed by atoms with Crippen LogP contribution in [0.3, 0.4) is 0 Å². The Labute approximate surface area is 130 Å². The Morgan fingerprint density at radius 1 is 1.20 bits per heavy atom. The first-order valence-electron chi connectivity index (χ1n) is 7.75. The second-order valence-electron chi connectivity index (χ2n) is 5.94. The van der Waals surface area contributed by atoms with E-state index >= 15 is 0 Å². The zero-order valence-electron chi connectivity index (χ0n) is 12.0. The lowest BCUT2D eigenvalue weighted by Crippen LogP contribution is -2.55. The van der Waals surface area contributed by atoms with Gasteiger partial charge in [0.2, 0.25) is 0 Å². The maximum absolute atomic E-state index is 5.76. The average molecular weight is 338 g/mol. The van der Waals surface area contributed by atoms with Crippen molar-refractivity contribution in [3.63, 3.8) is 0 Å². The maximum atomic E-state index is 5.76. The Hall–Kier alpha value is -0.580. The van der Waals surface area contributed by atoms with Crippen LogP contribution in [0.25, 0.3) is 0 Å². The first-order valence-corrected chi connectivity index (χ1v) is 8.55. The first kappa shape index (κ1) is 14.4. The van der Waals surface area contributed by atoms with E-state index in [2.05, 4.69) is 43.9 Å². The average Bonchev–Trinajstić information content (AvgIpc) is 2.49. The second-order valence-corrected chi connectivity index (χ2v) is 6.86. The van der Waals surface area contributed by atoms with E-state index in [0.717, 1.165) is 25.6 Å². The molecule has 3 nitrogen and oxygen atoms in total. The minimum Gasteiger partial charge on any atom is -0.368 e. The molecule has 0 aliphatic carbocycles. The first-order chi connectivity index (χ1) is 9.78. The summed E-state index contributed by atoms with van der Waals surface area (Å²) in [5.41, 5.74) is 8.54. The molecular formula is C16H24BrN3. The minimum atomic E-state index is 0.720. The van der Waals surface area contributed by atoms with Crippen LogP contribution in [0.15, 0.2) is 22.7 Å². The monoisotopic (exact) mass is 337 g/mol. The highest BCUT2D eigenvalue weighted by molar-refractivity contribution is 9.10. The Bertz CT molecular complexity index is 463. The molecule has 2 fully saturated rings.